The maximum Gasteiger partial charge on any atom is 0.305 e. The van der Waals surface area contributed by atoms with Gasteiger partial charge in [-0.3, -0.25) is 14.4 Å². The molecule has 0 radical (unpaired) electrons. The zero-order valence-electron chi connectivity index (χ0n) is 18.6. The molecule has 0 saturated carbocycles. The van der Waals surface area contributed by atoms with Crippen LogP contribution in [0.3, 0.4) is 0 Å². The van der Waals surface area contributed by atoms with E-state index in [1.807, 2.05) is 41.0 Å². The molecule has 4 aromatic rings. The molecule has 0 bridgehead atoms. The van der Waals surface area contributed by atoms with Crippen LogP contribution >= 0.6 is 0 Å². The molecule has 4 rings (SSSR count). The number of carbonyl (C=O) groups is 3. The van der Waals surface area contributed by atoms with Gasteiger partial charge in [0.2, 0.25) is 11.8 Å². The summed E-state index contributed by atoms with van der Waals surface area (Å²) >= 11 is 0. The molecule has 8 heteroatoms. The zero-order chi connectivity index (χ0) is 24.2. The van der Waals surface area contributed by atoms with Gasteiger partial charge in [0.05, 0.1) is 11.9 Å². The molecule has 0 spiro atoms. The Bertz CT molecular complexity index is 1370. The molecule has 0 aliphatic heterocycles. The number of benzene rings is 3. The summed E-state index contributed by atoms with van der Waals surface area (Å²) in [6.07, 6.45) is 0.231. The molecule has 0 unspecified atom stereocenters. The average molecular weight is 460 g/mol. The van der Waals surface area contributed by atoms with Crippen LogP contribution in [0.2, 0.25) is 0 Å². The third-order valence-corrected chi connectivity index (χ3v) is 5.66. The van der Waals surface area contributed by atoms with E-state index in [9.17, 15) is 24.6 Å². The number of rotatable bonds is 8. The number of carboxylic acid groups (broad SMARTS) is 1. The van der Waals surface area contributed by atoms with Crippen LogP contribution in [0.1, 0.15) is 18.9 Å². The minimum absolute atomic E-state index is 0.0262. The van der Waals surface area contributed by atoms with Crippen molar-refractivity contribution in [2.24, 2.45) is 0 Å². The Morgan fingerprint density at radius 2 is 1.65 bits per heavy atom. The highest BCUT2D eigenvalue weighted by Crippen LogP contribution is 2.31. The number of nitrogens with one attached hydrogen (secondary N) is 2. The zero-order valence-corrected chi connectivity index (χ0v) is 18.6. The number of para-hydroxylation sites is 1. The van der Waals surface area contributed by atoms with Crippen molar-refractivity contribution in [1.82, 2.24) is 9.88 Å². The number of aromatic hydroxyl groups is 1. The van der Waals surface area contributed by atoms with Gasteiger partial charge in [0.15, 0.2) is 0 Å². The molecule has 174 valence electrons. The summed E-state index contributed by atoms with van der Waals surface area (Å²) in [6.45, 7) is 1.65. The third kappa shape index (κ3) is 5.01. The Hall–Kier alpha value is -4.33. The monoisotopic (exact) mass is 459 g/mol. The van der Waals surface area contributed by atoms with Gasteiger partial charge in [0.25, 0.3) is 0 Å². The minimum atomic E-state index is -0.886. The predicted molar refractivity (Wildman–Crippen MR) is 130 cm³/mol. The summed E-state index contributed by atoms with van der Waals surface area (Å²) in [5.74, 6) is -1.47. The molecule has 0 fully saturated rings. The van der Waals surface area contributed by atoms with Gasteiger partial charge in [0, 0.05) is 41.9 Å². The number of carboxylic acids is 1. The van der Waals surface area contributed by atoms with E-state index in [2.05, 4.69) is 10.6 Å². The van der Waals surface area contributed by atoms with E-state index in [1.165, 1.54) is 19.1 Å². The molecule has 1 aromatic heterocycles. The highest BCUT2D eigenvalue weighted by Gasteiger charge is 2.21. The number of hydrogen-bond acceptors (Lipinski definition) is 4. The molecule has 0 aliphatic rings. The minimum Gasteiger partial charge on any atom is -0.508 e. The third-order valence-electron chi connectivity index (χ3n) is 5.66. The topological polar surface area (TPSA) is 121 Å². The largest absolute Gasteiger partial charge is 0.508 e. The highest BCUT2D eigenvalue weighted by molar-refractivity contribution is 6.09. The Morgan fingerprint density at radius 3 is 2.35 bits per heavy atom. The summed E-state index contributed by atoms with van der Waals surface area (Å²) in [4.78, 5) is 36.0. The van der Waals surface area contributed by atoms with Gasteiger partial charge < -0.3 is 25.4 Å². The fourth-order valence-corrected chi connectivity index (χ4v) is 4.13. The number of amides is 2. The van der Waals surface area contributed by atoms with E-state index in [0.29, 0.717) is 12.2 Å². The molecule has 8 nitrogen and oxygen atoms in total. The molecule has 0 saturated heterocycles. The van der Waals surface area contributed by atoms with Crippen molar-refractivity contribution < 1.29 is 24.6 Å². The van der Waals surface area contributed by atoms with E-state index >= 15 is 0 Å². The van der Waals surface area contributed by atoms with E-state index in [4.69, 9.17) is 0 Å². The number of fused-ring (bicyclic) bond motifs is 3. The number of phenolic OH excluding ortho intramolecular Hbond substituents is 1. The van der Waals surface area contributed by atoms with Crippen molar-refractivity contribution >= 4 is 45.3 Å². The quantitative estimate of drug-likeness (QED) is 0.320. The van der Waals surface area contributed by atoms with Crippen molar-refractivity contribution in [1.29, 1.82) is 0 Å². The smallest absolute Gasteiger partial charge is 0.305 e. The van der Waals surface area contributed by atoms with Crippen molar-refractivity contribution in [3.8, 4) is 5.75 Å². The van der Waals surface area contributed by atoms with Gasteiger partial charge in [-0.25, -0.2) is 0 Å². The van der Waals surface area contributed by atoms with Crippen LogP contribution < -0.4 is 10.6 Å². The van der Waals surface area contributed by atoms with E-state index in [-0.39, 0.29) is 30.4 Å². The molecular weight excluding hydrogens is 434 g/mol. The normalized spacial score (nSPS) is 11.9. The Labute approximate surface area is 195 Å². The number of aliphatic carboxylic acids is 1. The first-order valence-corrected chi connectivity index (χ1v) is 10.9. The number of aromatic nitrogens is 1. The fourth-order valence-electron chi connectivity index (χ4n) is 4.13. The van der Waals surface area contributed by atoms with Crippen molar-refractivity contribution in [2.75, 3.05) is 5.32 Å². The lowest BCUT2D eigenvalue weighted by Gasteiger charge is -2.18. The Morgan fingerprint density at radius 1 is 0.941 bits per heavy atom. The first-order valence-electron chi connectivity index (χ1n) is 10.9. The molecule has 34 heavy (non-hydrogen) atoms. The van der Waals surface area contributed by atoms with E-state index in [0.717, 1.165) is 27.4 Å². The molecule has 2 amide bonds. The Balaban J connectivity index is 1.64. The molecule has 0 aliphatic carbocycles. The van der Waals surface area contributed by atoms with Gasteiger partial charge in [0.1, 0.15) is 11.8 Å². The summed E-state index contributed by atoms with van der Waals surface area (Å²) in [5.41, 5.74) is 3.06. The standard InChI is InChI=1S/C26H25N3O5/c1-16(30)27-22(14-17-6-9-19(31)10-7-17)26(34)28-18-8-11-21-20-4-2-3-5-23(20)29(24(21)15-18)13-12-25(32)33/h2-11,15,22,31H,12-14H2,1H3,(H,27,30)(H,28,34)(H,32,33)/t22-/m0/s1. The number of carbonyl (C=O) groups excluding carboxylic acids is 2. The van der Waals surface area contributed by atoms with Crippen molar-refractivity contribution in [3.63, 3.8) is 0 Å². The first-order chi connectivity index (χ1) is 16.3. The molecule has 4 N–H and O–H groups in total. The summed E-state index contributed by atoms with van der Waals surface area (Å²) in [5, 5.41) is 26.2. The lowest BCUT2D eigenvalue weighted by atomic mass is 10.0. The number of nitrogens with zero attached hydrogens (tertiary/aromatic N) is 1. The van der Waals surface area contributed by atoms with Crippen LogP contribution in [0.4, 0.5) is 5.69 Å². The first kappa shape index (κ1) is 22.8. The summed E-state index contributed by atoms with van der Waals surface area (Å²) in [6, 6.07) is 18.9. The van der Waals surface area contributed by atoms with Gasteiger partial charge in [-0.1, -0.05) is 36.4 Å². The van der Waals surface area contributed by atoms with Crippen LogP contribution in [-0.4, -0.2) is 38.6 Å². The van der Waals surface area contributed by atoms with E-state index in [1.54, 1.807) is 18.2 Å². The van der Waals surface area contributed by atoms with Gasteiger partial charge in [-0.05, 0) is 35.9 Å². The molecule has 3 aromatic carbocycles. The van der Waals surface area contributed by atoms with Crippen LogP contribution in [0.25, 0.3) is 21.8 Å². The van der Waals surface area contributed by atoms with E-state index < -0.39 is 12.0 Å². The second-order valence-electron chi connectivity index (χ2n) is 8.16. The molecule has 1 heterocycles. The lowest BCUT2D eigenvalue weighted by molar-refractivity contribution is -0.137. The van der Waals surface area contributed by atoms with Crippen molar-refractivity contribution in [2.45, 2.75) is 32.4 Å². The van der Waals surface area contributed by atoms with Crippen LogP contribution in [0.5, 0.6) is 5.75 Å². The van der Waals surface area contributed by atoms with Crippen LogP contribution in [0, 0.1) is 0 Å². The fraction of sp³-hybridized carbons (Fsp3) is 0.192. The summed E-state index contributed by atoms with van der Waals surface area (Å²) in [7, 11) is 0. The number of phenols is 1. The molecule has 1 atom stereocenters. The Kier molecular flexibility index (Phi) is 6.49. The lowest BCUT2D eigenvalue weighted by Crippen LogP contribution is -2.44. The SMILES string of the molecule is CC(=O)N[C@@H](Cc1ccc(O)cc1)C(=O)Nc1ccc2c3ccccc3n(CCC(=O)O)c2c1. The molecular formula is C26H25N3O5. The van der Waals surface area contributed by atoms with Crippen molar-refractivity contribution in [3.05, 3.63) is 72.3 Å². The maximum atomic E-state index is 13.1. The second-order valence-corrected chi connectivity index (χ2v) is 8.16. The highest BCUT2D eigenvalue weighted by atomic mass is 16.4. The second kappa shape index (κ2) is 9.66. The number of aryl methyl sites for hydroxylation is 1. The van der Waals surface area contributed by atoms with Gasteiger partial charge in [-0.2, -0.15) is 0 Å². The summed E-state index contributed by atoms with van der Waals surface area (Å²) < 4.78 is 1.94. The predicted octanol–water partition coefficient (Wildman–Crippen LogP) is 3.66. The number of anilines is 1. The average Bonchev–Trinajstić information content (AvgIpc) is 3.11. The van der Waals surface area contributed by atoms with Gasteiger partial charge >= 0.3 is 5.97 Å². The van der Waals surface area contributed by atoms with Crippen LogP contribution in [0.15, 0.2) is 66.7 Å². The van der Waals surface area contributed by atoms with Crippen LogP contribution in [-0.2, 0) is 27.3 Å². The maximum absolute atomic E-state index is 13.1. The van der Waals surface area contributed by atoms with Gasteiger partial charge in [-0.15, -0.1) is 0 Å². The number of hydrogen-bond donors (Lipinski definition) is 4.